The van der Waals surface area contributed by atoms with Gasteiger partial charge in [0.15, 0.2) is 0 Å². The largest absolute Gasteiger partial charge is 0.466 e. The van der Waals surface area contributed by atoms with Crippen LogP contribution in [0.25, 0.3) is 31.9 Å². The number of nitrogens with two attached hydrogens (primary N) is 1. The van der Waals surface area contributed by atoms with Gasteiger partial charge in [0, 0.05) is 18.1 Å². The number of anilines is 1. The van der Waals surface area contributed by atoms with E-state index < -0.39 is 10.8 Å². The minimum Gasteiger partial charge on any atom is -0.466 e. The van der Waals surface area contributed by atoms with Gasteiger partial charge >= 0.3 is 5.97 Å². The molecule has 0 fully saturated rings. The molecule has 4 rings (SSSR count). The van der Waals surface area contributed by atoms with Crippen molar-refractivity contribution in [1.29, 1.82) is 0 Å². The normalized spacial score (nSPS) is 9.18. The zero-order valence-corrected chi connectivity index (χ0v) is 27.5. The fourth-order valence-corrected chi connectivity index (χ4v) is 6.69. The summed E-state index contributed by atoms with van der Waals surface area (Å²) in [5.41, 5.74) is 31.5. The Kier molecular flexibility index (Phi) is 18.7. The Morgan fingerprint density at radius 1 is 0.933 bits per heavy atom. The van der Waals surface area contributed by atoms with Crippen LogP contribution in [0.5, 0.6) is 0 Å². The van der Waals surface area contributed by atoms with E-state index in [0.29, 0.717) is 22.1 Å². The van der Waals surface area contributed by atoms with Gasteiger partial charge in [-0.25, -0.2) is 4.98 Å². The average molecular weight is 649 g/mol. The van der Waals surface area contributed by atoms with Gasteiger partial charge in [-0.1, -0.05) is 59.3 Å². The van der Waals surface area contributed by atoms with Gasteiger partial charge in [0.1, 0.15) is 9.04 Å². The molecule has 5 nitrogen and oxygen atoms in total. The number of thiophene rings is 2. The number of esters is 1. The van der Waals surface area contributed by atoms with Crippen LogP contribution in [0, 0.1) is 0 Å². The third-order valence-electron chi connectivity index (χ3n) is 5.05. The van der Waals surface area contributed by atoms with Crippen LogP contribution in [0.3, 0.4) is 0 Å². The molecule has 3 aromatic heterocycles. The second-order valence-corrected chi connectivity index (χ2v) is 11.7. The van der Waals surface area contributed by atoms with Crippen LogP contribution in [0.2, 0.25) is 0 Å². The van der Waals surface area contributed by atoms with Crippen LogP contribution in [0.15, 0.2) is 149 Å². The van der Waals surface area contributed by atoms with Gasteiger partial charge in [0.25, 0.3) is 0 Å². The minimum atomic E-state index is -1.29. The summed E-state index contributed by atoms with van der Waals surface area (Å²) in [5, 5.41) is 2.87. The highest BCUT2D eigenvalue weighted by Gasteiger charge is 2.21. The summed E-state index contributed by atoms with van der Waals surface area (Å²) in [7, 11) is -1.29. The minimum absolute atomic E-state index is 0.252. The van der Waals surface area contributed by atoms with E-state index in [1.54, 1.807) is 11.3 Å². The maximum absolute atomic E-state index is 12.9. The number of nitrogen functional groups attached to an aromatic ring is 1. The van der Waals surface area contributed by atoms with Gasteiger partial charge < -0.3 is 10.5 Å². The zero-order valence-electron chi connectivity index (χ0n) is 25.0. The third-order valence-corrected chi connectivity index (χ3v) is 8.94. The Morgan fingerprint density at radius 2 is 1.56 bits per heavy atom. The maximum Gasteiger partial charge on any atom is 0.302 e. The number of ether oxygens (including phenoxy) is 1. The lowest BCUT2D eigenvalue weighted by molar-refractivity contribution is -0.140. The highest BCUT2D eigenvalue weighted by Crippen LogP contribution is 2.43. The van der Waals surface area contributed by atoms with E-state index in [0.717, 1.165) is 31.9 Å². The van der Waals surface area contributed by atoms with Crippen LogP contribution in [0.4, 0.5) is 5.69 Å². The van der Waals surface area contributed by atoms with Crippen molar-refractivity contribution < 1.29 is 13.7 Å². The first-order valence-electron chi connectivity index (χ1n) is 13.0. The molecule has 8 heteroatoms. The summed E-state index contributed by atoms with van der Waals surface area (Å²) in [5.74, 6) is 0.0444. The molecule has 1 unspecified atom stereocenters. The van der Waals surface area contributed by atoms with Gasteiger partial charge in [-0.2, -0.15) is 0 Å². The molecule has 0 amide bonds. The van der Waals surface area contributed by atoms with Gasteiger partial charge in [-0.3, -0.25) is 9.00 Å². The standard InChI is InChI=1S/C22H20N2O3S3.C8H4.C5H4.C2H4/c1-14(25)27-10-6-12-30(26)22-20(23)19-16(15-7-3-2-4-8-15)13-17(24-21(19)29-22)18-9-5-11-28-18;1-3-5-7-8-6-4-2;1-3-5-4-2;1-2/h2-5,7-9,11,13H,6,10,12,23H2,1H3;1-2H2;1-2H2;1-2H2. The fourth-order valence-electron chi connectivity index (χ4n) is 3.38. The monoisotopic (exact) mass is 648 g/mol. The summed E-state index contributed by atoms with van der Waals surface area (Å²) in [6.45, 7) is 20.6. The lowest BCUT2D eigenvalue weighted by Gasteiger charge is -2.08. The average Bonchev–Trinajstić information content (AvgIpc) is 3.72. The molecule has 0 saturated heterocycles. The molecule has 0 spiro atoms. The first-order chi connectivity index (χ1) is 21.9. The quantitative estimate of drug-likeness (QED) is 0.0936. The Labute approximate surface area is 275 Å². The lowest BCUT2D eigenvalue weighted by Crippen LogP contribution is -2.06. The molecule has 2 N–H and O–H groups in total. The number of fused-ring (bicyclic) bond motifs is 1. The number of benzene rings is 1. The molecule has 0 saturated carbocycles. The first-order valence-corrected chi connectivity index (χ1v) is 16.1. The van der Waals surface area contributed by atoms with E-state index in [1.807, 2.05) is 47.8 Å². The van der Waals surface area contributed by atoms with Crippen LogP contribution < -0.4 is 5.73 Å². The van der Waals surface area contributed by atoms with Crippen molar-refractivity contribution in [2.45, 2.75) is 17.6 Å². The van der Waals surface area contributed by atoms with Gasteiger partial charge in [-0.05, 0) is 90.0 Å². The van der Waals surface area contributed by atoms with Crippen LogP contribution in [0.1, 0.15) is 13.3 Å². The molecule has 1 aromatic carbocycles. The number of nitrogens with zero attached hydrogens (tertiary/aromatic N) is 1. The molecule has 0 bridgehead atoms. The first kappa shape index (κ1) is 37.7. The van der Waals surface area contributed by atoms with Crippen molar-refractivity contribution in [2.24, 2.45) is 0 Å². The smallest absolute Gasteiger partial charge is 0.302 e. The van der Waals surface area contributed by atoms with E-state index >= 15 is 0 Å². The summed E-state index contributed by atoms with van der Waals surface area (Å²) < 4.78 is 18.5. The molecule has 0 radical (unpaired) electrons. The van der Waals surface area contributed by atoms with Crippen molar-refractivity contribution in [3.63, 3.8) is 0 Å². The number of carbonyl (C=O) groups excluding carboxylic acids is 1. The maximum atomic E-state index is 12.9. The highest BCUT2D eigenvalue weighted by molar-refractivity contribution is 7.87. The van der Waals surface area contributed by atoms with Crippen LogP contribution in [-0.2, 0) is 20.3 Å². The van der Waals surface area contributed by atoms with Gasteiger partial charge in [0.2, 0.25) is 0 Å². The number of rotatable bonds is 7. The molecule has 0 aliphatic rings. The number of aromatic nitrogens is 1. The van der Waals surface area contributed by atoms with Crippen molar-refractivity contribution in [3.05, 3.63) is 145 Å². The van der Waals surface area contributed by atoms with Crippen molar-refractivity contribution in [1.82, 2.24) is 4.98 Å². The number of pyridine rings is 1. The molecule has 0 aliphatic carbocycles. The third kappa shape index (κ3) is 12.8. The van der Waals surface area contributed by atoms with Crippen molar-refractivity contribution in [3.8, 4) is 21.7 Å². The number of hydrogen-bond acceptors (Lipinski definition) is 7. The molecule has 226 valence electrons. The Morgan fingerprint density at radius 3 is 2.07 bits per heavy atom. The van der Waals surface area contributed by atoms with E-state index in [9.17, 15) is 9.00 Å². The molecule has 45 heavy (non-hydrogen) atoms. The molecular weight excluding hydrogens is 617 g/mol. The molecule has 0 aliphatic heterocycles. The predicted molar refractivity (Wildman–Crippen MR) is 191 cm³/mol. The Hall–Kier alpha value is -5.31. The number of hydrogen-bond donors (Lipinski definition) is 1. The Bertz CT molecular complexity index is 1890. The van der Waals surface area contributed by atoms with E-state index in [2.05, 4.69) is 97.1 Å². The highest BCUT2D eigenvalue weighted by atomic mass is 32.2. The van der Waals surface area contributed by atoms with E-state index in [1.165, 1.54) is 18.3 Å². The van der Waals surface area contributed by atoms with Crippen LogP contribution >= 0.6 is 22.7 Å². The molecule has 3 heterocycles. The zero-order chi connectivity index (χ0) is 33.5. The fraction of sp³-hybridized carbons (Fsp3) is 0.108. The topological polar surface area (TPSA) is 82.3 Å². The Balaban J connectivity index is 0.000000565. The predicted octanol–water partition coefficient (Wildman–Crippen LogP) is 9.14. The van der Waals surface area contributed by atoms with E-state index in [-0.39, 0.29) is 12.6 Å². The SMILES string of the molecule is C=C.C=C=C=C=C.C=C=C=C=C=C=C=C.CC(=O)OCCCS(=O)c1sc2nc(-c3cccs3)cc(-c3ccccc3)c2c1N. The summed E-state index contributed by atoms with van der Waals surface area (Å²) in [6, 6.07) is 16.1. The summed E-state index contributed by atoms with van der Waals surface area (Å²) >= 11 is 3.01. The second kappa shape index (κ2) is 22.3. The van der Waals surface area contributed by atoms with Gasteiger partial charge in [-0.15, -0.1) is 35.8 Å². The number of carbonyl (C=O) groups is 1. The summed E-state index contributed by atoms with van der Waals surface area (Å²) in [6.07, 6.45) is 0.513. The molecule has 4 aromatic rings. The van der Waals surface area contributed by atoms with Crippen molar-refractivity contribution >= 4 is 55.3 Å². The van der Waals surface area contributed by atoms with Gasteiger partial charge in [0.05, 0.1) is 33.7 Å². The summed E-state index contributed by atoms with van der Waals surface area (Å²) in [4.78, 5) is 17.6. The van der Waals surface area contributed by atoms with Crippen molar-refractivity contribution in [2.75, 3.05) is 18.1 Å². The van der Waals surface area contributed by atoms with Crippen LogP contribution in [-0.4, -0.2) is 27.5 Å². The lowest BCUT2D eigenvalue weighted by atomic mass is 10.0. The molecular formula is C37H32N2O3S3. The second-order valence-electron chi connectivity index (χ2n) is 7.96. The molecule has 1 atom stereocenters. The van der Waals surface area contributed by atoms with E-state index in [4.69, 9.17) is 15.5 Å².